The van der Waals surface area contributed by atoms with Crippen LogP contribution >= 0.6 is 39.7 Å². The van der Waals surface area contributed by atoms with Crippen LogP contribution < -0.4 is 20.3 Å². The minimum Gasteiger partial charge on any atom is -0.496 e. The van der Waals surface area contributed by atoms with Gasteiger partial charge in [-0.3, -0.25) is 10.1 Å². The Morgan fingerprint density at radius 1 is 1.22 bits per heavy atom. The zero-order chi connectivity index (χ0) is 19.4. The van der Waals surface area contributed by atoms with Crippen molar-refractivity contribution < 1.29 is 9.53 Å². The van der Waals surface area contributed by atoms with Gasteiger partial charge >= 0.3 is 0 Å². The van der Waals surface area contributed by atoms with Crippen LogP contribution in [0.2, 0.25) is 5.02 Å². The molecule has 1 fully saturated rings. The first kappa shape index (κ1) is 19.9. The van der Waals surface area contributed by atoms with Gasteiger partial charge in [0.1, 0.15) is 5.75 Å². The molecule has 27 heavy (non-hydrogen) atoms. The molecule has 0 radical (unpaired) electrons. The lowest BCUT2D eigenvalue weighted by molar-refractivity contribution is 0.0977. The van der Waals surface area contributed by atoms with E-state index in [0.29, 0.717) is 20.8 Å². The molecule has 2 N–H and O–H groups in total. The van der Waals surface area contributed by atoms with Gasteiger partial charge in [0.15, 0.2) is 5.11 Å². The van der Waals surface area contributed by atoms with E-state index in [1.165, 1.54) is 12.8 Å². The Hall–Kier alpha value is -1.83. The van der Waals surface area contributed by atoms with Crippen LogP contribution in [0.5, 0.6) is 5.75 Å². The molecule has 0 atom stereocenters. The van der Waals surface area contributed by atoms with Crippen molar-refractivity contribution >= 4 is 62.1 Å². The predicted molar refractivity (Wildman–Crippen MR) is 117 cm³/mol. The summed E-state index contributed by atoms with van der Waals surface area (Å²) in [4.78, 5) is 14.6. The highest BCUT2D eigenvalue weighted by atomic mass is 79.9. The van der Waals surface area contributed by atoms with E-state index in [-0.39, 0.29) is 11.0 Å². The van der Waals surface area contributed by atoms with Gasteiger partial charge in [-0.1, -0.05) is 11.6 Å². The van der Waals surface area contributed by atoms with E-state index in [1.807, 2.05) is 18.2 Å². The van der Waals surface area contributed by atoms with Crippen molar-refractivity contribution in [2.24, 2.45) is 0 Å². The Morgan fingerprint density at radius 2 is 1.96 bits per heavy atom. The lowest BCUT2D eigenvalue weighted by Crippen LogP contribution is -2.34. The van der Waals surface area contributed by atoms with Gasteiger partial charge in [-0.2, -0.15) is 0 Å². The number of ether oxygens (including phenoxy) is 1. The van der Waals surface area contributed by atoms with Crippen molar-refractivity contribution in [3.05, 3.63) is 51.5 Å². The maximum absolute atomic E-state index is 12.4. The average Bonchev–Trinajstić information content (AvgIpc) is 3.16. The molecule has 142 valence electrons. The van der Waals surface area contributed by atoms with E-state index in [0.717, 1.165) is 24.5 Å². The fourth-order valence-corrected chi connectivity index (χ4v) is 4.00. The van der Waals surface area contributed by atoms with Gasteiger partial charge in [-0.05, 0) is 77.4 Å². The highest BCUT2D eigenvalue weighted by Crippen LogP contribution is 2.31. The molecule has 1 aliphatic rings. The number of amides is 1. The van der Waals surface area contributed by atoms with E-state index >= 15 is 0 Å². The highest BCUT2D eigenvalue weighted by Gasteiger charge is 2.16. The largest absolute Gasteiger partial charge is 0.496 e. The average molecular weight is 469 g/mol. The predicted octanol–water partition coefficient (Wildman–Crippen LogP) is 4.84. The molecule has 0 aromatic heterocycles. The summed E-state index contributed by atoms with van der Waals surface area (Å²) < 4.78 is 5.86. The quantitative estimate of drug-likeness (QED) is 0.629. The molecule has 3 rings (SSSR count). The van der Waals surface area contributed by atoms with Crippen LogP contribution in [-0.4, -0.2) is 31.2 Å². The van der Waals surface area contributed by atoms with Gasteiger partial charge in [0.25, 0.3) is 5.91 Å². The number of anilines is 2. The molecule has 5 nitrogen and oxygen atoms in total. The van der Waals surface area contributed by atoms with Crippen LogP contribution in [0.1, 0.15) is 23.2 Å². The number of methoxy groups -OCH3 is 1. The molecule has 0 unspecified atom stereocenters. The summed E-state index contributed by atoms with van der Waals surface area (Å²) >= 11 is 15.0. The second-order valence-corrected chi connectivity index (χ2v) is 7.79. The Labute approximate surface area is 177 Å². The molecule has 1 saturated heterocycles. The number of carbonyl (C=O) groups excluding carboxylic acids is 1. The lowest BCUT2D eigenvalue weighted by Gasteiger charge is -2.20. The maximum Gasteiger partial charge on any atom is 0.257 e. The van der Waals surface area contributed by atoms with Gasteiger partial charge in [0, 0.05) is 24.3 Å². The van der Waals surface area contributed by atoms with Crippen molar-refractivity contribution in [1.29, 1.82) is 0 Å². The molecular weight excluding hydrogens is 450 g/mol. The van der Waals surface area contributed by atoms with Crippen molar-refractivity contribution in [3.63, 3.8) is 0 Å². The molecule has 1 amide bonds. The molecule has 1 heterocycles. The third-order valence-electron chi connectivity index (χ3n) is 4.29. The number of hydrogen-bond donors (Lipinski definition) is 2. The third kappa shape index (κ3) is 4.91. The topological polar surface area (TPSA) is 53.6 Å². The van der Waals surface area contributed by atoms with E-state index in [9.17, 15) is 4.79 Å². The summed E-state index contributed by atoms with van der Waals surface area (Å²) in [7, 11) is 1.57. The summed E-state index contributed by atoms with van der Waals surface area (Å²) in [6.45, 7) is 2.05. The fourth-order valence-electron chi connectivity index (χ4n) is 2.94. The summed E-state index contributed by atoms with van der Waals surface area (Å²) in [5.74, 6) is 0.343. The fraction of sp³-hybridized carbons (Fsp3) is 0.263. The number of rotatable bonds is 4. The Bertz CT molecular complexity index is 872. The van der Waals surface area contributed by atoms with E-state index < -0.39 is 0 Å². The zero-order valence-electron chi connectivity index (χ0n) is 14.7. The second kappa shape index (κ2) is 8.91. The van der Waals surface area contributed by atoms with Crippen LogP contribution in [0, 0.1) is 0 Å². The van der Waals surface area contributed by atoms with E-state index in [2.05, 4.69) is 31.5 Å². The smallest absolute Gasteiger partial charge is 0.257 e. The number of benzene rings is 2. The Kier molecular flexibility index (Phi) is 6.57. The zero-order valence-corrected chi connectivity index (χ0v) is 17.9. The van der Waals surface area contributed by atoms with Crippen molar-refractivity contribution in [3.8, 4) is 5.75 Å². The molecule has 1 aliphatic heterocycles. The van der Waals surface area contributed by atoms with Crippen LogP contribution in [-0.2, 0) is 0 Å². The number of halogens is 2. The van der Waals surface area contributed by atoms with Crippen molar-refractivity contribution in [2.45, 2.75) is 12.8 Å². The van der Waals surface area contributed by atoms with E-state index in [1.54, 1.807) is 25.3 Å². The molecule has 0 bridgehead atoms. The SMILES string of the molecule is COc1ccc(C(=O)NC(=S)Nc2ccc(N3CCCC3)c(Cl)c2)cc1Br. The number of carbonyl (C=O) groups is 1. The van der Waals surface area contributed by atoms with Crippen LogP contribution in [0.4, 0.5) is 11.4 Å². The molecule has 2 aromatic carbocycles. The third-order valence-corrected chi connectivity index (χ3v) is 5.42. The van der Waals surface area contributed by atoms with Gasteiger partial charge in [-0.25, -0.2) is 0 Å². The summed E-state index contributed by atoms with van der Waals surface area (Å²) in [6.07, 6.45) is 2.38. The molecular formula is C19H19BrClN3O2S. The minimum absolute atomic E-state index is 0.205. The Morgan fingerprint density at radius 3 is 2.59 bits per heavy atom. The number of hydrogen-bond acceptors (Lipinski definition) is 4. The first-order chi connectivity index (χ1) is 13.0. The Balaban J connectivity index is 1.62. The number of nitrogens with zero attached hydrogens (tertiary/aromatic N) is 1. The van der Waals surface area contributed by atoms with Crippen LogP contribution in [0.15, 0.2) is 40.9 Å². The minimum atomic E-state index is -0.310. The molecule has 0 saturated carbocycles. The summed E-state index contributed by atoms with van der Waals surface area (Å²) in [5, 5.41) is 6.53. The van der Waals surface area contributed by atoms with Crippen molar-refractivity contribution in [2.75, 3.05) is 30.4 Å². The van der Waals surface area contributed by atoms with Gasteiger partial charge < -0.3 is 15.0 Å². The molecule has 0 spiro atoms. The van der Waals surface area contributed by atoms with E-state index in [4.69, 9.17) is 28.6 Å². The summed E-state index contributed by atoms with van der Waals surface area (Å²) in [5.41, 5.74) is 2.22. The second-order valence-electron chi connectivity index (χ2n) is 6.12. The monoisotopic (exact) mass is 467 g/mol. The lowest BCUT2D eigenvalue weighted by atomic mass is 10.2. The van der Waals surface area contributed by atoms with Gasteiger partial charge in [-0.15, -0.1) is 0 Å². The van der Waals surface area contributed by atoms with Crippen LogP contribution in [0.25, 0.3) is 0 Å². The highest BCUT2D eigenvalue weighted by molar-refractivity contribution is 9.10. The maximum atomic E-state index is 12.4. The summed E-state index contributed by atoms with van der Waals surface area (Å²) in [6, 6.07) is 10.8. The number of thiocarbonyl (C=S) groups is 1. The normalized spacial score (nSPS) is 13.4. The van der Waals surface area contributed by atoms with Crippen molar-refractivity contribution in [1.82, 2.24) is 5.32 Å². The number of nitrogens with one attached hydrogen (secondary N) is 2. The first-order valence-corrected chi connectivity index (χ1v) is 10.1. The van der Waals surface area contributed by atoms with Crippen LogP contribution in [0.3, 0.4) is 0 Å². The molecule has 0 aliphatic carbocycles. The van der Waals surface area contributed by atoms with Gasteiger partial charge in [0.2, 0.25) is 0 Å². The standard InChI is InChI=1S/C19H19BrClN3O2S/c1-26-17-7-4-12(10-14(17)20)18(25)23-19(27)22-13-5-6-16(15(21)11-13)24-8-2-3-9-24/h4-7,10-11H,2-3,8-9H2,1H3,(H2,22,23,25,27). The first-order valence-electron chi connectivity index (χ1n) is 8.48. The van der Waals surface area contributed by atoms with Gasteiger partial charge in [0.05, 0.1) is 22.3 Å². The molecule has 8 heteroatoms. The molecule has 2 aromatic rings.